The van der Waals surface area contributed by atoms with Gasteiger partial charge in [-0.3, -0.25) is 0 Å². The van der Waals surface area contributed by atoms with Crippen molar-refractivity contribution >= 4 is 0 Å². The van der Waals surface area contributed by atoms with Crippen LogP contribution in [0.2, 0.25) is 0 Å². The van der Waals surface area contributed by atoms with Crippen LogP contribution < -0.4 is 17.0 Å². The summed E-state index contributed by atoms with van der Waals surface area (Å²) in [5, 5.41) is 0. The first kappa shape index (κ1) is 13.2. The van der Waals surface area contributed by atoms with Crippen molar-refractivity contribution in [3.8, 4) is 12.3 Å². The fraction of sp³-hybridized carbons (Fsp3) is 0.333. The molecule has 0 aromatic heterocycles. The van der Waals surface area contributed by atoms with Gasteiger partial charge in [-0.2, -0.15) is 0 Å². The van der Waals surface area contributed by atoms with Crippen LogP contribution >= 0.6 is 0 Å². The predicted octanol–water partition coefficient (Wildman–Crippen LogP) is -1.10. The Balaban J connectivity index is 0.00000169. The van der Waals surface area contributed by atoms with Crippen LogP contribution in [0.25, 0.3) is 0 Å². The average molecular weight is 254 g/mol. The quantitative estimate of drug-likeness (QED) is 0.474. The van der Waals surface area contributed by atoms with Gasteiger partial charge in [0.05, 0.1) is 14.1 Å². The molecule has 0 spiro atoms. The monoisotopic (exact) mass is 253 g/mol. The first-order valence-electron chi connectivity index (χ1n) is 4.43. The average Bonchev–Trinajstić information content (AvgIpc) is 2.04. The summed E-state index contributed by atoms with van der Waals surface area (Å²) < 4.78 is 0.848. The Morgan fingerprint density at radius 1 is 1.21 bits per heavy atom. The highest BCUT2D eigenvalue weighted by molar-refractivity contribution is 5.13. The molecule has 0 aliphatic carbocycles. The van der Waals surface area contributed by atoms with Crippen LogP contribution in [0.5, 0.6) is 0 Å². The summed E-state index contributed by atoms with van der Waals surface area (Å²) in [5.74, 6) is 2.70. The van der Waals surface area contributed by atoms with Gasteiger partial charge in [0.25, 0.3) is 0 Å². The topological polar surface area (TPSA) is 0 Å². The Morgan fingerprint density at radius 2 is 1.79 bits per heavy atom. The molecule has 0 aliphatic rings. The van der Waals surface area contributed by atoms with Crippen molar-refractivity contribution in [2.45, 2.75) is 6.54 Å². The number of hydrogen-bond acceptors (Lipinski definition) is 0. The normalized spacial score (nSPS) is 10.1. The van der Waals surface area contributed by atoms with Crippen molar-refractivity contribution in [2.75, 3.05) is 20.6 Å². The van der Waals surface area contributed by atoms with E-state index >= 15 is 0 Å². The molecule has 76 valence electrons. The summed E-state index contributed by atoms with van der Waals surface area (Å²) in [7, 11) is 4.29. The maximum atomic E-state index is 5.30. The number of quaternary nitrogens is 1. The molecule has 1 rings (SSSR count). The number of nitrogens with zero attached hydrogens (tertiary/aromatic N) is 1. The molecular formula is C12H16BrN. The summed E-state index contributed by atoms with van der Waals surface area (Å²) in [4.78, 5) is 0. The van der Waals surface area contributed by atoms with Crippen LogP contribution in [0, 0.1) is 12.3 Å². The first-order valence-corrected chi connectivity index (χ1v) is 4.43. The predicted molar refractivity (Wildman–Crippen MR) is 56.0 cm³/mol. The first-order chi connectivity index (χ1) is 6.14. The van der Waals surface area contributed by atoms with Gasteiger partial charge in [-0.1, -0.05) is 30.3 Å². The second-order valence-corrected chi connectivity index (χ2v) is 3.94. The molecule has 1 aromatic carbocycles. The van der Waals surface area contributed by atoms with Crippen molar-refractivity contribution < 1.29 is 21.5 Å². The molecule has 0 saturated carbocycles. The summed E-state index contributed by atoms with van der Waals surface area (Å²) in [5.41, 5.74) is 1.34. The van der Waals surface area contributed by atoms with Crippen molar-refractivity contribution in [3.05, 3.63) is 35.9 Å². The minimum Gasteiger partial charge on any atom is -1.00 e. The van der Waals surface area contributed by atoms with E-state index in [1.165, 1.54) is 5.56 Å². The molecule has 1 nitrogen and oxygen atoms in total. The van der Waals surface area contributed by atoms with Gasteiger partial charge < -0.3 is 21.5 Å². The zero-order chi connectivity index (χ0) is 9.73. The molecule has 0 aliphatic heterocycles. The third-order valence-electron chi connectivity index (χ3n) is 1.97. The maximum absolute atomic E-state index is 5.30. The number of rotatable bonds is 3. The van der Waals surface area contributed by atoms with Gasteiger partial charge in [-0.25, -0.2) is 0 Å². The Bertz CT molecular complexity index is 298. The lowest BCUT2D eigenvalue weighted by Gasteiger charge is -2.27. The number of benzene rings is 1. The van der Waals surface area contributed by atoms with Crippen LogP contribution in [0.15, 0.2) is 30.3 Å². The van der Waals surface area contributed by atoms with E-state index in [2.05, 4.69) is 44.3 Å². The number of halogens is 1. The van der Waals surface area contributed by atoms with Crippen LogP contribution in [0.1, 0.15) is 5.56 Å². The molecule has 0 unspecified atom stereocenters. The fourth-order valence-corrected chi connectivity index (χ4v) is 1.38. The molecule has 0 amide bonds. The van der Waals surface area contributed by atoms with Crippen LogP contribution in [-0.4, -0.2) is 25.1 Å². The lowest BCUT2D eigenvalue weighted by molar-refractivity contribution is -0.896. The van der Waals surface area contributed by atoms with E-state index < -0.39 is 0 Å². The summed E-state index contributed by atoms with van der Waals surface area (Å²) in [6.07, 6.45) is 5.30. The highest BCUT2D eigenvalue weighted by Gasteiger charge is 2.13. The van der Waals surface area contributed by atoms with Gasteiger partial charge in [-0.15, -0.1) is 6.42 Å². The molecule has 1 aromatic rings. The van der Waals surface area contributed by atoms with Gasteiger partial charge in [0.1, 0.15) is 13.1 Å². The lowest BCUT2D eigenvalue weighted by atomic mass is 10.2. The van der Waals surface area contributed by atoms with Crippen LogP contribution in [0.3, 0.4) is 0 Å². The number of terminal acetylenes is 1. The van der Waals surface area contributed by atoms with Crippen molar-refractivity contribution in [1.29, 1.82) is 0 Å². The molecule has 14 heavy (non-hydrogen) atoms. The van der Waals surface area contributed by atoms with Crippen LogP contribution in [-0.2, 0) is 6.54 Å². The second-order valence-electron chi connectivity index (χ2n) is 3.94. The minimum atomic E-state index is 0. The van der Waals surface area contributed by atoms with E-state index in [-0.39, 0.29) is 17.0 Å². The van der Waals surface area contributed by atoms with Gasteiger partial charge in [0, 0.05) is 5.56 Å². The molecule has 0 N–H and O–H groups in total. The van der Waals surface area contributed by atoms with E-state index in [1.807, 2.05) is 6.07 Å². The Labute approximate surface area is 97.1 Å². The Kier molecular flexibility index (Phi) is 5.52. The van der Waals surface area contributed by atoms with Gasteiger partial charge in [0.15, 0.2) is 0 Å². The largest absolute Gasteiger partial charge is 1.00 e. The van der Waals surface area contributed by atoms with Gasteiger partial charge in [-0.05, 0) is 5.92 Å². The van der Waals surface area contributed by atoms with E-state index in [0.717, 1.165) is 17.6 Å². The molecule has 0 heterocycles. The standard InChI is InChI=1S/C12H16N.BrH/c1-4-10-13(2,3)11-12-8-6-5-7-9-12;/h1,5-9H,10-11H2,2-3H3;1H/q+1;/p-1. The van der Waals surface area contributed by atoms with E-state index in [1.54, 1.807) is 0 Å². The van der Waals surface area contributed by atoms with Crippen molar-refractivity contribution in [1.82, 2.24) is 0 Å². The van der Waals surface area contributed by atoms with Crippen molar-refractivity contribution in [2.24, 2.45) is 0 Å². The Morgan fingerprint density at radius 3 is 2.29 bits per heavy atom. The highest BCUT2D eigenvalue weighted by Crippen LogP contribution is 2.07. The van der Waals surface area contributed by atoms with E-state index in [0.29, 0.717) is 0 Å². The summed E-state index contributed by atoms with van der Waals surface area (Å²) >= 11 is 0. The molecule has 0 saturated heterocycles. The lowest BCUT2D eigenvalue weighted by Crippen LogP contribution is -3.00. The molecule has 0 radical (unpaired) electrons. The van der Waals surface area contributed by atoms with Gasteiger partial charge >= 0.3 is 0 Å². The number of hydrogen-bond donors (Lipinski definition) is 0. The molecule has 0 atom stereocenters. The third-order valence-corrected chi connectivity index (χ3v) is 1.97. The smallest absolute Gasteiger partial charge is 0.140 e. The zero-order valence-corrected chi connectivity index (χ0v) is 10.3. The minimum absolute atomic E-state index is 0. The van der Waals surface area contributed by atoms with E-state index in [4.69, 9.17) is 6.42 Å². The summed E-state index contributed by atoms with van der Waals surface area (Å²) in [6.45, 7) is 1.76. The SMILES string of the molecule is C#CC[N+](C)(C)Cc1ccccc1.[Br-]. The molecular weight excluding hydrogens is 238 g/mol. The van der Waals surface area contributed by atoms with Gasteiger partial charge in [0.2, 0.25) is 0 Å². The third kappa shape index (κ3) is 4.45. The maximum Gasteiger partial charge on any atom is 0.140 e. The zero-order valence-electron chi connectivity index (χ0n) is 8.70. The summed E-state index contributed by atoms with van der Waals surface area (Å²) in [6, 6.07) is 10.4. The van der Waals surface area contributed by atoms with Crippen LogP contribution in [0.4, 0.5) is 0 Å². The molecule has 2 heteroatoms. The van der Waals surface area contributed by atoms with Crippen molar-refractivity contribution in [3.63, 3.8) is 0 Å². The highest BCUT2D eigenvalue weighted by atomic mass is 79.9. The van der Waals surface area contributed by atoms with E-state index in [9.17, 15) is 0 Å². The molecule has 0 fully saturated rings. The fourth-order valence-electron chi connectivity index (χ4n) is 1.38. The molecule has 0 bridgehead atoms. The second kappa shape index (κ2) is 5.85. The Hall–Kier alpha value is -0.780.